The number of hydrogen-bond donors (Lipinski definition) is 0. The van der Waals surface area contributed by atoms with Crippen LogP contribution in [0.4, 0.5) is 4.39 Å². The van der Waals surface area contributed by atoms with Crippen molar-refractivity contribution in [1.82, 2.24) is 9.21 Å². The Balaban J connectivity index is 2.08. The lowest BCUT2D eigenvalue weighted by Gasteiger charge is -2.31. The second kappa shape index (κ2) is 10.2. The van der Waals surface area contributed by atoms with Crippen LogP contribution in [0.25, 0.3) is 0 Å². The van der Waals surface area contributed by atoms with Gasteiger partial charge in [0.05, 0.1) is 5.56 Å². The third kappa shape index (κ3) is 5.54. The molecule has 2 rings (SSSR count). The quantitative estimate of drug-likeness (QED) is 0.595. The normalized spacial score (nSPS) is 15.3. The van der Waals surface area contributed by atoms with Crippen LogP contribution in [-0.2, 0) is 19.6 Å². The standard InChI is InChI=1S/C20H29FN2O5S/c1-4-23(5-2)29(26,27)18-13-15(11-12-17(18)21)20(25)28-14-19(24)22(3)16-9-7-6-8-10-16/h11-13,16H,4-10,14H2,1-3H3. The van der Waals surface area contributed by atoms with E-state index in [1.165, 1.54) is 0 Å². The first-order chi connectivity index (χ1) is 13.7. The van der Waals surface area contributed by atoms with Crippen molar-refractivity contribution < 1.29 is 27.1 Å². The Morgan fingerprint density at radius 3 is 2.34 bits per heavy atom. The van der Waals surface area contributed by atoms with Crippen molar-refractivity contribution in [2.24, 2.45) is 0 Å². The number of rotatable bonds is 8. The summed E-state index contributed by atoms with van der Waals surface area (Å²) in [4.78, 5) is 25.7. The van der Waals surface area contributed by atoms with Crippen LogP contribution in [0.3, 0.4) is 0 Å². The van der Waals surface area contributed by atoms with Crippen LogP contribution in [0.5, 0.6) is 0 Å². The van der Waals surface area contributed by atoms with Crippen molar-refractivity contribution in [3.05, 3.63) is 29.6 Å². The van der Waals surface area contributed by atoms with Crippen LogP contribution in [0.2, 0.25) is 0 Å². The van der Waals surface area contributed by atoms with Crippen molar-refractivity contribution in [2.75, 3.05) is 26.7 Å². The molecule has 9 heteroatoms. The van der Waals surface area contributed by atoms with Gasteiger partial charge in [-0.05, 0) is 31.0 Å². The van der Waals surface area contributed by atoms with Gasteiger partial charge in [-0.1, -0.05) is 33.1 Å². The summed E-state index contributed by atoms with van der Waals surface area (Å²) in [5.41, 5.74) is -0.120. The molecule has 0 unspecified atom stereocenters. The minimum absolute atomic E-state index is 0.120. The fourth-order valence-corrected chi connectivity index (χ4v) is 5.06. The zero-order valence-electron chi connectivity index (χ0n) is 17.2. The number of ether oxygens (including phenoxy) is 1. The fraction of sp³-hybridized carbons (Fsp3) is 0.600. The van der Waals surface area contributed by atoms with Gasteiger partial charge in [-0.3, -0.25) is 4.79 Å². The van der Waals surface area contributed by atoms with Crippen molar-refractivity contribution in [3.8, 4) is 0 Å². The molecular formula is C20H29FN2O5S. The van der Waals surface area contributed by atoms with Gasteiger partial charge in [-0.15, -0.1) is 0 Å². The van der Waals surface area contributed by atoms with E-state index in [0.717, 1.165) is 54.6 Å². The summed E-state index contributed by atoms with van der Waals surface area (Å²) in [6, 6.07) is 3.17. The lowest BCUT2D eigenvalue weighted by molar-refractivity contribution is -0.135. The van der Waals surface area contributed by atoms with E-state index < -0.39 is 33.3 Å². The van der Waals surface area contributed by atoms with Crippen LogP contribution in [-0.4, -0.2) is 62.3 Å². The average Bonchev–Trinajstić information content (AvgIpc) is 2.72. The highest BCUT2D eigenvalue weighted by atomic mass is 32.2. The lowest BCUT2D eigenvalue weighted by atomic mass is 9.94. The first-order valence-corrected chi connectivity index (χ1v) is 11.4. The van der Waals surface area contributed by atoms with Crippen LogP contribution in [0, 0.1) is 5.82 Å². The summed E-state index contributed by atoms with van der Waals surface area (Å²) >= 11 is 0. The monoisotopic (exact) mass is 428 g/mol. The zero-order valence-corrected chi connectivity index (χ0v) is 18.0. The van der Waals surface area contributed by atoms with Gasteiger partial charge in [0.25, 0.3) is 5.91 Å². The molecule has 1 amide bonds. The van der Waals surface area contributed by atoms with E-state index in [1.807, 2.05) is 0 Å². The Morgan fingerprint density at radius 2 is 1.76 bits per heavy atom. The van der Waals surface area contributed by atoms with Crippen LogP contribution in [0.15, 0.2) is 23.1 Å². The molecule has 29 heavy (non-hydrogen) atoms. The molecule has 0 saturated heterocycles. The summed E-state index contributed by atoms with van der Waals surface area (Å²) in [7, 11) is -2.38. The largest absolute Gasteiger partial charge is 0.452 e. The number of hydrogen-bond acceptors (Lipinski definition) is 5. The summed E-state index contributed by atoms with van der Waals surface area (Å²) < 4.78 is 45.5. The number of sulfonamides is 1. The molecule has 0 heterocycles. The molecule has 1 fully saturated rings. The predicted molar refractivity (Wildman–Crippen MR) is 106 cm³/mol. The molecule has 0 aromatic heterocycles. The molecule has 0 atom stereocenters. The maximum absolute atomic E-state index is 14.2. The van der Waals surface area contributed by atoms with Gasteiger partial charge in [-0.25, -0.2) is 17.6 Å². The molecule has 1 saturated carbocycles. The minimum atomic E-state index is -4.07. The fourth-order valence-electron chi connectivity index (χ4n) is 3.52. The van der Waals surface area contributed by atoms with Crippen molar-refractivity contribution >= 4 is 21.9 Å². The molecular weight excluding hydrogens is 399 g/mol. The maximum Gasteiger partial charge on any atom is 0.338 e. The molecule has 1 aliphatic rings. The molecule has 162 valence electrons. The number of carbonyl (C=O) groups is 2. The first-order valence-electron chi connectivity index (χ1n) is 9.94. The number of nitrogens with zero attached hydrogens (tertiary/aromatic N) is 2. The molecule has 7 nitrogen and oxygen atoms in total. The molecule has 0 N–H and O–H groups in total. The maximum atomic E-state index is 14.2. The van der Waals surface area contributed by atoms with Gasteiger partial charge in [-0.2, -0.15) is 4.31 Å². The number of halogens is 1. The topological polar surface area (TPSA) is 84.0 Å². The smallest absolute Gasteiger partial charge is 0.338 e. The Bertz CT molecular complexity index is 833. The van der Waals surface area contributed by atoms with Gasteiger partial charge < -0.3 is 9.64 Å². The van der Waals surface area contributed by atoms with E-state index in [2.05, 4.69) is 0 Å². The summed E-state index contributed by atoms with van der Waals surface area (Å²) in [6.07, 6.45) is 5.17. The van der Waals surface area contributed by atoms with Crippen LogP contribution < -0.4 is 0 Å². The molecule has 1 aliphatic carbocycles. The number of benzene rings is 1. The Morgan fingerprint density at radius 1 is 1.14 bits per heavy atom. The van der Waals surface area contributed by atoms with E-state index >= 15 is 0 Å². The third-order valence-electron chi connectivity index (χ3n) is 5.33. The Hall–Kier alpha value is -2.00. The van der Waals surface area contributed by atoms with E-state index in [9.17, 15) is 22.4 Å². The molecule has 1 aromatic rings. The highest BCUT2D eigenvalue weighted by molar-refractivity contribution is 7.89. The highest BCUT2D eigenvalue weighted by Gasteiger charge is 2.27. The number of likely N-dealkylation sites (N-methyl/N-ethyl adjacent to an activating group) is 1. The molecule has 0 bridgehead atoms. The van der Waals surface area contributed by atoms with Gasteiger partial charge in [0, 0.05) is 26.2 Å². The van der Waals surface area contributed by atoms with E-state index in [0.29, 0.717) is 0 Å². The van der Waals surface area contributed by atoms with Crippen molar-refractivity contribution in [2.45, 2.75) is 56.9 Å². The number of carbonyl (C=O) groups excluding carboxylic acids is 2. The van der Waals surface area contributed by atoms with E-state index in [-0.39, 0.29) is 30.6 Å². The molecule has 0 aliphatic heterocycles. The summed E-state index contributed by atoms with van der Waals surface area (Å²) in [5, 5.41) is 0. The van der Waals surface area contributed by atoms with Crippen molar-refractivity contribution in [1.29, 1.82) is 0 Å². The summed E-state index contributed by atoms with van der Waals surface area (Å²) in [5.74, 6) is -2.13. The zero-order chi connectivity index (χ0) is 21.6. The Labute approximate surface area is 171 Å². The molecule has 0 spiro atoms. The Kier molecular flexibility index (Phi) is 8.15. The molecule has 0 radical (unpaired) electrons. The van der Waals surface area contributed by atoms with Crippen LogP contribution in [0.1, 0.15) is 56.3 Å². The SMILES string of the molecule is CCN(CC)S(=O)(=O)c1cc(C(=O)OCC(=O)N(C)C2CCCCC2)ccc1F. The minimum Gasteiger partial charge on any atom is -0.452 e. The summed E-state index contributed by atoms with van der Waals surface area (Å²) in [6.45, 7) is 3.20. The second-order valence-corrected chi connectivity index (χ2v) is 9.01. The number of amides is 1. The van der Waals surface area contributed by atoms with E-state index in [4.69, 9.17) is 4.74 Å². The second-order valence-electron chi connectivity index (χ2n) is 7.11. The van der Waals surface area contributed by atoms with Gasteiger partial charge in [0.15, 0.2) is 6.61 Å². The van der Waals surface area contributed by atoms with Gasteiger partial charge in [0.1, 0.15) is 10.7 Å². The van der Waals surface area contributed by atoms with Crippen LogP contribution >= 0.6 is 0 Å². The van der Waals surface area contributed by atoms with Gasteiger partial charge >= 0.3 is 5.97 Å². The average molecular weight is 429 g/mol. The van der Waals surface area contributed by atoms with E-state index in [1.54, 1.807) is 25.8 Å². The first kappa shape index (κ1) is 23.3. The number of esters is 1. The lowest BCUT2D eigenvalue weighted by Crippen LogP contribution is -2.40. The highest BCUT2D eigenvalue weighted by Crippen LogP contribution is 2.23. The van der Waals surface area contributed by atoms with Crippen molar-refractivity contribution in [3.63, 3.8) is 0 Å². The predicted octanol–water partition coefficient (Wildman–Crippen LogP) is 2.80. The third-order valence-corrected chi connectivity index (χ3v) is 7.40. The molecule has 1 aromatic carbocycles. The van der Waals surface area contributed by atoms with Gasteiger partial charge in [0.2, 0.25) is 10.0 Å².